The summed E-state index contributed by atoms with van der Waals surface area (Å²) < 4.78 is 11.5. The van der Waals surface area contributed by atoms with Gasteiger partial charge in [0.15, 0.2) is 0 Å². The van der Waals surface area contributed by atoms with Gasteiger partial charge in [-0.2, -0.15) is 4.68 Å². The number of ether oxygens (including phenoxy) is 1. The minimum absolute atomic E-state index is 0.209. The number of hydrogen-bond acceptors (Lipinski definition) is 7. The number of thiophene rings is 1. The van der Waals surface area contributed by atoms with Gasteiger partial charge in [-0.1, -0.05) is 6.07 Å². The van der Waals surface area contributed by atoms with Gasteiger partial charge in [-0.05, 0) is 35.7 Å². The molecule has 1 aliphatic rings. The number of morpholine rings is 1. The van der Waals surface area contributed by atoms with Gasteiger partial charge in [0.25, 0.3) is 5.89 Å². The molecule has 0 unspecified atom stereocenters. The Bertz CT molecular complexity index is 956. The highest BCUT2D eigenvalue weighted by atomic mass is 32.1. The summed E-state index contributed by atoms with van der Waals surface area (Å²) in [7, 11) is 0. The van der Waals surface area contributed by atoms with E-state index in [2.05, 4.69) is 15.3 Å². The quantitative estimate of drug-likeness (QED) is 0.722. The van der Waals surface area contributed by atoms with E-state index in [0.29, 0.717) is 5.69 Å². The number of carbonyl (C=O) groups is 1. The van der Waals surface area contributed by atoms with Gasteiger partial charge in [-0.25, -0.2) is 4.79 Å². The average Bonchev–Trinajstić information content (AvgIpc) is 3.33. The highest BCUT2D eigenvalue weighted by Crippen LogP contribution is 2.21. The van der Waals surface area contributed by atoms with Crippen LogP contribution in [0, 0.1) is 0 Å². The molecule has 0 bridgehead atoms. The van der Waals surface area contributed by atoms with Crippen LogP contribution in [0.5, 0.6) is 0 Å². The van der Waals surface area contributed by atoms with Gasteiger partial charge in [-0.3, -0.25) is 4.79 Å². The van der Waals surface area contributed by atoms with Crippen molar-refractivity contribution < 1.29 is 13.9 Å². The van der Waals surface area contributed by atoms with E-state index in [1.165, 1.54) is 11.3 Å². The van der Waals surface area contributed by atoms with E-state index < -0.39 is 5.76 Å². The molecule has 1 aromatic carbocycles. The molecular weight excluding hydrogens is 368 g/mol. The Morgan fingerprint density at radius 3 is 2.67 bits per heavy atom. The number of aromatic nitrogens is 2. The molecule has 0 radical (unpaired) electrons. The normalized spacial score (nSPS) is 14.3. The molecule has 9 heteroatoms. The van der Waals surface area contributed by atoms with E-state index in [9.17, 15) is 9.59 Å². The van der Waals surface area contributed by atoms with Gasteiger partial charge >= 0.3 is 5.76 Å². The van der Waals surface area contributed by atoms with Crippen LogP contribution in [0.2, 0.25) is 0 Å². The Morgan fingerprint density at radius 1 is 1.19 bits per heavy atom. The molecule has 1 N–H and O–H groups in total. The fourth-order valence-electron chi connectivity index (χ4n) is 2.82. The number of rotatable bonds is 5. The van der Waals surface area contributed by atoms with Crippen LogP contribution in [-0.2, 0) is 16.1 Å². The molecule has 1 saturated heterocycles. The van der Waals surface area contributed by atoms with E-state index in [-0.39, 0.29) is 18.3 Å². The van der Waals surface area contributed by atoms with Crippen LogP contribution >= 0.6 is 11.3 Å². The zero-order valence-electron chi connectivity index (χ0n) is 14.5. The molecule has 3 aromatic rings. The van der Waals surface area contributed by atoms with Crippen LogP contribution in [0.15, 0.2) is 51.0 Å². The number of benzene rings is 1. The Hall–Kier alpha value is -2.91. The standard InChI is InChI=1S/C18H18N4O4S/c23-16(12-22-18(24)26-17(20-22)15-2-1-11-27-15)19-13-3-5-14(6-4-13)21-7-9-25-10-8-21/h1-6,11H,7-10,12H2,(H,19,23). The second-order valence-corrected chi connectivity index (χ2v) is 6.95. The first kappa shape index (κ1) is 17.5. The molecule has 1 amide bonds. The minimum Gasteiger partial charge on any atom is -0.387 e. The fraction of sp³-hybridized carbons (Fsp3) is 0.278. The summed E-state index contributed by atoms with van der Waals surface area (Å²) in [5.41, 5.74) is 1.75. The highest BCUT2D eigenvalue weighted by Gasteiger charge is 2.15. The zero-order chi connectivity index (χ0) is 18.6. The Labute approximate surface area is 159 Å². The van der Waals surface area contributed by atoms with Crippen molar-refractivity contribution in [1.29, 1.82) is 0 Å². The van der Waals surface area contributed by atoms with Crippen molar-refractivity contribution in [1.82, 2.24) is 9.78 Å². The molecule has 8 nitrogen and oxygen atoms in total. The lowest BCUT2D eigenvalue weighted by atomic mass is 10.2. The fourth-order valence-corrected chi connectivity index (χ4v) is 3.46. The van der Waals surface area contributed by atoms with Crippen molar-refractivity contribution in [3.05, 3.63) is 52.3 Å². The second kappa shape index (κ2) is 7.77. The Kier molecular flexibility index (Phi) is 5.03. The molecule has 0 atom stereocenters. The maximum atomic E-state index is 12.2. The van der Waals surface area contributed by atoms with Gasteiger partial charge in [0.1, 0.15) is 6.54 Å². The summed E-state index contributed by atoms with van der Waals surface area (Å²) in [5.74, 6) is -0.781. The lowest BCUT2D eigenvalue weighted by Gasteiger charge is -2.28. The van der Waals surface area contributed by atoms with Crippen LogP contribution in [0.25, 0.3) is 10.8 Å². The van der Waals surface area contributed by atoms with E-state index in [4.69, 9.17) is 9.15 Å². The lowest BCUT2D eigenvalue weighted by Crippen LogP contribution is -2.36. The maximum absolute atomic E-state index is 12.2. The van der Waals surface area contributed by atoms with Crippen molar-refractivity contribution in [3.63, 3.8) is 0 Å². The largest absolute Gasteiger partial charge is 0.437 e. The van der Waals surface area contributed by atoms with Gasteiger partial charge in [0.05, 0.1) is 18.1 Å². The molecule has 0 spiro atoms. The van der Waals surface area contributed by atoms with Crippen molar-refractivity contribution >= 4 is 28.6 Å². The molecule has 140 valence electrons. The summed E-state index contributed by atoms with van der Waals surface area (Å²) in [6.45, 7) is 2.94. The van der Waals surface area contributed by atoms with E-state index >= 15 is 0 Å². The number of nitrogens with one attached hydrogen (secondary N) is 1. The number of carbonyl (C=O) groups excluding carboxylic acids is 1. The first-order valence-corrected chi connectivity index (χ1v) is 9.41. The van der Waals surface area contributed by atoms with Crippen molar-refractivity contribution in [2.45, 2.75) is 6.54 Å². The van der Waals surface area contributed by atoms with Crippen LogP contribution in [0.1, 0.15) is 0 Å². The molecule has 0 aliphatic carbocycles. The monoisotopic (exact) mass is 386 g/mol. The molecule has 2 aromatic heterocycles. The highest BCUT2D eigenvalue weighted by molar-refractivity contribution is 7.13. The van der Waals surface area contributed by atoms with Crippen LogP contribution in [-0.4, -0.2) is 42.0 Å². The lowest BCUT2D eigenvalue weighted by molar-refractivity contribution is -0.117. The number of nitrogens with zero attached hydrogens (tertiary/aromatic N) is 3. The minimum atomic E-state index is -0.656. The Morgan fingerprint density at radius 2 is 1.96 bits per heavy atom. The topological polar surface area (TPSA) is 89.6 Å². The third-order valence-corrected chi connectivity index (χ3v) is 5.02. The molecule has 3 heterocycles. The third kappa shape index (κ3) is 4.09. The second-order valence-electron chi connectivity index (χ2n) is 6.00. The number of hydrogen-bond donors (Lipinski definition) is 1. The molecular formula is C18H18N4O4S. The van der Waals surface area contributed by atoms with Crippen LogP contribution in [0.3, 0.4) is 0 Å². The van der Waals surface area contributed by atoms with Crippen molar-refractivity contribution in [2.24, 2.45) is 0 Å². The van der Waals surface area contributed by atoms with Crippen LogP contribution in [0.4, 0.5) is 11.4 Å². The number of amides is 1. The van der Waals surface area contributed by atoms with Crippen molar-refractivity contribution in [3.8, 4) is 10.8 Å². The summed E-state index contributed by atoms with van der Waals surface area (Å²) in [4.78, 5) is 27.1. The Balaban J connectivity index is 1.39. The van der Waals surface area contributed by atoms with Crippen molar-refractivity contribution in [2.75, 3.05) is 36.5 Å². The summed E-state index contributed by atoms with van der Waals surface area (Å²) in [6.07, 6.45) is 0. The van der Waals surface area contributed by atoms with E-state index in [0.717, 1.165) is 41.5 Å². The molecule has 4 rings (SSSR count). The molecule has 27 heavy (non-hydrogen) atoms. The van der Waals surface area contributed by atoms with Crippen LogP contribution < -0.4 is 16.0 Å². The first-order valence-electron chi connectivity index (χ1n) is 8.53. The first-order chi connectivity index (χ1) is 13.2. The smallest absolute Gasteiger partial charge is 0.387 e. The SMILES string of the molecule is O=C(Cn1nc(-c2cccs2)oc1=O)Nc1ccc(N2CCOCC2)cc1. The summed E-state index contributed by atoms with van der Waals surface area (Å²) >= 11 is 1.41. The molecule has 1 aliphatic heterocycles. The summed E-state index contributed by atoms with van der Waals surface area (Å²) in [5, 5.41) is 8.71. The molecule has 1 fully saturated rings. The predicted octanol–water partition coefficient (Wildman–Crippen LogP) is 2.04. The molecule has 0 saturated carbocycles. The third-order valence-electron chi connectivity index (χ3n) is 4.16. The predicted molar refractivity (Wildman–Crippen MR) is 102 cm³/mol. The van der Waals surface area contributed by atoms with E-state index in [1.807, 2.05) is 35.7 Å². The average molecular weight is 386 g/mol. The zero-order valence-corrected chi connectivity index (χ0v) is 15.3. The maximum Gasteiger partial charge on any atom is 0.437 e. The van der Waals surface area contributed by atoms with Gasteiger partial charge in [0.2, 0.25) is 5.91 Å². The van der Waals surface area contributed by atoms with Gasteiger partial charge in [0, 0.05) is 24.5 Å². The van der Waals surface area contributed by atoms with E-state index in [1.54, 1.807) is 6.07 Å². The van der Waals surface area contributed by atoms with Gasteiger partial charge < -0.3 is 19.4 Å². The summed E-state index contributed by atoms with van der Waals surface area (Å²) in [6, 6.07) is 11.2. The number of anilines is 2. The van der Waals surface area contributed by atoms with Gasteiger partial charge in [-0.15, -0.1) is 16.4 Å².